The van der Waals surface area contributed by atoms with Crippen molar-refractivity contribution in [2.24, 2.45) is 7.05 Å². The van der Waals surface area contributed by atoms with E-state index in [2.05, 4.69) is 15.4 Å². The fourth-order valence-corrected chi connectivity index (χ4v) is 3.85. The maximum Gasteiger partial charge on any atom is 0.123 e. The lowest BCUT2D eigenvalue weighted by atomic mass is 10.1. The van der Waals surface area contributed by atoms with Gasteiger partial charge >= 0.3 is 0 Å². The van der Waals surface area contributed by atoms with E-state index < -0.39 is 0 Å². The molecule has 0 saturated carbocycles. The van der Waals surface area contributed by atoms with E-state index in [1.54, 1.807) is 18.3 Å². The lowest BCUT2D eigenvalue weighted by Gasteiger charge is -2.06. The standard InChI is InChI=1S/C26H23FN6/c1-32-17-21(26(30-32)20-6-5-13-28-14-20)15-29-16-22-18-33(24-7-3-2-4-8-24)31-25(22)19-9-11-23(27)12-10-19/h2-14,17-18,29H,15-16H2,1H3. The zero-order chi connectivity index (χ0) is 22.6. The van der Waals surface area contributed by atoms with Crippen LogP contribution in [0.2, 0.25) is 0 Å². The predicted molar refractivity (Wildman–Crippen MR) is 126 cm³/mol. The SMILES string of the molecule is Cn1cc(CNCc2cn(-c3ccccc3)nc2-c2ccc(F)cc2)c(-c2cccnc2)n1. The molecule has 0 atom stereocenters. The molecule has 0 aliphatic heterocycles. The van der Waals surface area contributed by atoms with Crippen LogP contribution in [0.4, 0.5) is 4.39 Å². The zero-order valence-electron chi connectivity index (χ0n) is 18.2. The van der Waals surface area contributed by atoms with Crippen LogP contribution in [-0.4, -0.2) is 24.5 Å². The minimum absolute atomic E-state index is 0.263. The monoisotopic (exact) mass is 438 g/mol. The third-order valence-electron chi connectivity index (χ3n) is 5.40. The van der Waals surface area contributed by atoms with Gasteiger partial charge in [-0.25, -0.2) is 9.07 Å². The van der Waals surface area contributed by atoms with E-state index in [-0.39, 0.29) is 5.82 Å². The second-order valence-electron chi connectivity index (χ2n) is 7.81. The average molecular weight is 439 g/mol. The summed E-state index contributed by atoms with van der Waals surface area (Å²) in [7, 11) is 1.92. The molecule has 3 aromatic heterocycles. The second-order valence-corrected chi connectivity index (χ2v) is 7.81. The van der Waals surface area contributed by atoms with Gasteiger partial charge in [0.05, 0.1) is 17.1 Å². The summed E-state index contributed by atoms with van der Waals surface area (Å²) in [6.45, 7) is 1.23. The topological polar surface area (TPSA) is 60.6 Å². The summed E-state index contributed by atoms with van der Waals surface area (Å²) in [5, 5.41) is 12.9. The quantitative estimate of drug-likeness (QED) is 0.398. The van der Waals surface area contributed by atoms with Gasteiger partial charge in [-0.2, -0.15) is 10.2 Å². The Balaban J connectivity index is 1.41. The van der Waals surface area contributed by atoms with Gasteiger partial charge < -0.3 is 5.32 Å². The van der Waals surface area contributed by atoms with E-state index in [0.717, 1.165) is 39.3 Å². The van der Waals surface area contributed by atoms with Crippen molar-refractivity contribution >= 4 is 0 Å². The van der Waals surface area contributed by atoms with Crippen LogP contribution in [0.25, 0.3) is 28.2 Å². The summed E-state index contributed by atoms with van der Waals surface area (Å²) in [6.07, 6.45) is 7.62. The summed E-state index contributed by atoms with van der Waals surface area (Å²) in [5.74, 6) is -0.263. The third kappa shape index (κ3) is 4.58. The number of hydrogen-bond acceptors (Lipinski definition) is 4. The van der Waals surface area contributed by atoms with Gasteiger partial charge in [0, 0.05) is 67.2 Å². The maximum atomic E-state index is 13.5. The van der Waals surface area contributed by atoms with Crippen molar-refractivity contribution in [3.05, 3.63) is 108 Å². The molecule has 33 heavy (non-hydrogen) atoms. The summed E-state index contributed by atoms with van der Waals surface area (Å²) in [5.41, 5.74) is 6.68. The Labute approximate surface area is 191 Å². The molecule has 164 valence electrons. The molecule has 2 aromatic carbocycles. The summed E-state index contributed by atoms with van der Waals surface area (Å²) < 4.78 is 17.2. The van der Waals surface area contributed by atoms with Crippen LogP contribution >= 0.6 is 0 Å². The Kier molecular flexibility index (Phi) is 5.78. The first-order chi connectivity index (χ1) is 16.2. The molecule has 0 aliphatic carbocycles. The normalized spacial score (nSPS) is 11.1. The van der Waals surface area contributed by atoms with E-state index >= 15 is 0 Å². The lowest BCUT2D eigenvalue weighted by molar-refractivity contribution is 0.628. The van der Waals surface area contributed by atoms with Crippen LogP contribution in [0.5, 0.6) is 0 Å². The van der Waals surface area contributed by atoms with Gasteiger partial charge in [0.15, 0.2) is 0 Å². The van der Waals surface area contributed by atoms with Gasteiger partial charge in [-0.15, -0.1) is 0 Å². The fraction of sp³-hybridized carbons (Fsp3) is 0.115. The molecule has 0 aliphatic rings. The first-order valence-electron chi connectivity index (χ1n) is 10.7. The van der Waals surface area contributed by atoms with Gasteiger partial charge in [-0.3, -0.25) is 9.67 Å². The van der Waals surface area contributed by atoms with Gasteiger partial charge in [0.1, 0.15) is 5.82 Å². The van der Waals surface area contributed by atoms with E-state index in [1.165, 1.54) is 12.1 Å². The van der Waals surface area contributed by atoms with Crippen LogP contribution in [-0.2, 0) is 20.1 Å². The average Bonchev–Trinajstić information content (AvgIpc) is 3.44. The van der Waals surface area contributed by atoms with E-state index in [0.29, 0.717) is 13.1 Å². The highest BCUT2D eigenvalue weighted by Crippen LogP contribution is 2.25. The number of benzene rings is 2. The van der Waals surface area contributed by atoms with Crippen molar-refractivity contribution in [1.29, 1.82) is 0 Å². The molecular weight excluding hydrogens is 415 g/mol. The summed E-state index contributed by atoms with van der Waals surface area (Å²) >= 11 is 0. The Morgan fingerprint density at radius 1 is 0.788 bits per heavy atom. The number of aromatic nitrogens is 5. The number of halogens is 1. The van der Waals surface area contributed by atoms with Crippen LogP contribution in [0, 0.1) is 5.82 Å². The molecule has 7 heteroatoms. The number of para-hydroxylation sites is 1. The smallest absolute Gasteiger partial charge is 0.123 e. The van der Waals surface area contributed by atoms with Crippen LogP contribution in [0.1, 0.15) is 11.1 Å². The number of hydrogen-bond donors (Lipinski definition) is 1. The molecule has 5 aromatic rings. The van der Waals surface area contributed by atoms with E-state index in [4.69, 9.17) is 5.10 Å². The largest absolute Gasteiger partial charge is 0.308 e. The van der Waals surface area contributed by atoms with Crippen molar-refractivity contribution < 1.29 is 4.39 Å². The molecular formula is C26H23FN6. The Hall–Kier alpha value is -4.10. The fourth-order valence-electron chi connectivity index (χ4n) is 3.85. The molecule has 6 nitrogen and oxygen atoms in total. The van der Waals surface area contributed by atoms with E-state index in [1.807, 2.05) is 77.5 Å². The van der Waals surface area contributed by atoms with Gasteiger partial charge in [0.25, 0.3) is 0 Å². The molecule has 5 rings (SSSR count). The van der Waals surface area contributed by atoms with Crippen LogP contribution in [0.3, 0.4) is 0 Å². The maximum absolute atomic E-state index is 13.5. The molecule has 0 saturated heterocycles. The van der Waals surface area contributed by atoms with Crippen molar-refractivity contribution in [2.75, 3.05) is 0 Å². The highest BCUT2D eigenvalue weighted by atomic mass is 19.1. The second kappa shape index (κ2) is 9.18. The lowest BCUT2D eigenvalue weighted by Crippen LogP contribution is -2.13. The summed E-state index contributed by atoms with van der Waals surface area (Å²) in [4.78, 5) is 4.21. The number of nitrogens with one attached hydrogen (secondary N) is 1. The van der Waals surface area contributed by atoms with Crippen molar-refractivity contribution in [3.63, 3.8) is 0 Å². The highest BCUT2D eigenvalue weighted by molar-refractivity contribution is 5.63. The summed E-state index contributed by atoms with van der Waals surface area (Å²) in [6, 6.07) is 20.3. The van der Waals surface area contributed by atoms with Crippen LogP contribution < -0.4 is 5.32 Å². The van der Waals surface area contributed by atoms with E-state index in [9.17, 15) is 4.39 Å². The van der Waals surface area contributed by atoms with Gasteiger partial charge in [-0.1, -0.05) is 18.2 Å². The number of nitrogens with zero attached hydrogens (tertiary/aromatic N) is 5. The van der Waals surface area contributed by atoms with Crippen molar-refractivity contribution in [3.8, 4) is 28.2 Å². The molecule has 1 N–H and O–H groups in total. The molecule has 0 spiro atoms. The van der Waals surface area contributed by atoms with Gasteiger partial charge in [-0.05, 0) is 48.5 Å². The Morgan fingerprint density at radius 2 is 1.52 bits per heavy atom. The Morgan fingerprint density at radius 3 is 2.24 bits per heavy atom. The first-order valence-corrected chi connectivity index (χ1v) is 10.7. The Bertz CT molecular complexity index is 1340. The molecule has 0 bridgehead atoms. The number of pyridine rings is 1. The van der Waals surface area contributed by atoms with Crippen molar-refractivity contribution in [1.82, 2.24) is 29.9 Å². The minimum atomic E-state index is -0.263. The number of rotatable bonds is 7. The van der Waals surface area contributed by atoms with Crippen molar-refractivity contribution in [2.45, 2.75) is 13.1 Å². The molecule has 0 radical (unpaired) electrons. The third-order valence-corrected chi connectivity index (χ3v) is 5.40. The van der Waals surface area contributed by atoms with Gasteiger partial charge in [0.2, 0.25) is 0 Å². The molecule has 0 amide bonds. The molecule has 0 unspecified atom stereocenters. The first kappa shape index (κ1) is 20.8. The molecule has 3 heterocycles. The molecule has 0 fully saturated rings. The minimum Gasteiger partial charge on any atom is -0.308 e. The van der Waals surface area contributed by atoms with Crippen LogP contribution in [0.15, 0.2) is 91.5 Å². The zero-order valence-corrected chi connectivity index (χ0v) is 18.2. The highest BCUT2D eigenvalue weighted by Gasteiger charge is 2.14. The number of aryl methyl sites for hydroxylation is 1. The predicted octanol–water partition coefficient (Wildman–Crippen LogP) is 4.76.